The second-order valence-electron chi connectivity index (χ2n) is 10.4. The van der Waals surface area contributed by atoms with Gasteiger partial charge in [0.1, 0.15) is 6.04 Å². The Bertz CT molecular complexity index is 1620. The van der Waals surface area contributed by atoms with Gasteiger partial charge in [-0.2, -0.15) is 4.31 Å². The summed E-state index contributed by atoms with van der Waals surface area (Å²) in [7, 11) is 0.391. The van der Waals surface area contributed by atoms with Crippen molar-refractivity contribution in [2.75, 3.05) is 44.9 Å². The topological polar surface area (TPSA) is 121 Å². The SMILES string of the molecule is COC(=O)c1ccc(N(C)C(=O)CN(C)C(=O)[C@@H]2C[C@@H](SC(C)=O)CN2S(=O)(=O)CCc2cccc3ccccc23)cc1. The third-order valence-electron chi connectivity index (χ3n) is 7.50. The van der Waals surface area contributed by atoms with Crippen molar-refractivity contribution < 1.29 is 32.3 Å². The van der Waals surface area contributed by atoms with Gasteiger partial charge in [0.05, 0.1) is 25.0 Å². The lowest BCUT2D eigenvalue weighted by atomic mass is 10.0. The summed E-state index contributed by atoms with van der Waals surface area (Å²) in [5.41, 5.74) is 1.74. The van der Waals surface area contributed by atoms with Gasteiger partial charge in [0.2, 0.25) is 21.8 Å². The zero-order chi connectivity index (χ0) is 31.3. The van der Waals surface area contributed by atoms with Gasteiger partial charge in [-0.25, -0.2) is 13.2 Å². The maximum atomic E-state index is 13.7. The average Bonchev–Trinajstić information content (AvgIpc) is 3.42. The number of carbonyl (C=O) groups excluding carboxylic acids is 4. The van der Waals surface area contributed by atoms with E-state index in [9.17, 15) is 27.6 Å². The van der Waals surface area contributed by atoms with E-state index in [2.05, 4.69) is 0 Å². The molecule has 10 nitrogen and oxygen atoms in total. The molecule has 1 saturated heterocycles. The first kappa shape index (κ1) is 32.2. The number of benzene rings is 3. The number of amides is 2. The molecule has 3 aromatic carbocycles. The molecule has 3 aromatic rings. The number of hydrogen-bond donors (Lipinski definition) is 0. The predicted octanol–water partition coefficient (Wildman–Crippen LogP) is 3.34. The van der Waals surface area contributed by atoms with Crippen LogP contribution in [0.2, 0.25) is 0 Å². The quantitative estimate of drug-likeness (QED) is 0.315. The van der Waals surface area contributed by atoms with E-state index < -0.39 is 33.8 Å². The highest BCUT2D eigenvalue weighted by molar-refractivity contribution is 8.14. The molecule has 4 rings (SSSR count). The minimum absolute atomic E-state index is 0.0345. The van der Waals surface area contributed by atoms with E-state index in [4.69, 9.17) is 4.74 Å². The minimum Gasteiger partial charge on any atom is -0.465 e. The molecule has 0 unspecified atom stereocenters. The van der Waals surface area contributed by atoms with E-state index in [-0.39, 0.29) is 42.0 Å². The minimum atomic E-state index is -3.90. The van der Waals surface area contributed by atoms with Gasteiger partial charge >= 0.3 is 5.97 Å². The van der Waals surface area contributed by atoms with Crippen molar-refractivity contribution in [2.45, 2.75) is 31.1 Å². The fourth-order valence-corrected chi connectivity index (χ4v) is 7.97. The van der Waals surface area contributed by atoms with Crippen LogP contribution in [0.5, 0.6) is 0 Å². The molecule has 2 atom stereocenters. The number of esters is 1. The Morgan fingerprint density at radius 3 is 2.33 bits per heavy atom. The molecular formula is C31H35N3O7S2. The number of rotatable bonds is 10. The van der Waals surface area contributed by atoms with Crippen molar-refractivity contribution in [3.63, 3.8) is 0 Å². The van der Waals surface area contributed by atoms with Gasteiger partial charge in [-0.3, -0.25) is 14.4 Å². The van der Waals surface area contributed by atoms with Crippen LogP contribution < -0.4 is 4.90 Å². The van der Waals surface area contributed by atoms with Crippen molar-refractivity contribution in [1.29, 1.82) is 0 Å². The maximum Gasteiger partial charge on any atom is 0.337 e. The number of hydrogen-bond acceptors (Lipinski definition) is 8. The van der Waals surface area contributed by atoms with Gasteiger partial charge in [0, 0.05) is 38.5 Å². The maximum absolute atomic E-state index is 13.7. The number of aryl methyl sites for hydroxylation is 1. The Labute approximate surface area is 256 Å². The van der Waals surface area contributed by atoms with E-state index in [1.54, 1.807) is 19.2 Å². The van der Waals surface area contributed by atoms with Crippen LogP contribution in [0.15, 0.2) is 66.7 Å². The molecule has 0 radical (unpaired) electrons. The fourth-order valence-electron chi connectivity index (χ4n) is 5.21. The predicted molar refractivity (Wildman–Crippen MR) is 167 cm³/mol. The zero-order valence-electron chi connectivity index (χ0n) is 24.6. The number of ether oxygens (including phenoxy) is 1. The highest BCUT2D eigenvalue weighted by Crippen LogP contribution is 2.32. The summed E-state index contributed by atoms with van der Waals surface area (Å²) in [6.07, 6.45) is 0.430. The van der Waals surface area contributed by atoms with E-state index in [0.717, 1.165) is 28.1 Å². The Hall–Kier alpha value is -3.74. The Kier molecular flexibility index (Phi) is 10.3. The van der Waals surface area contributed by atoms with E-state index in [1.807, 2.05) is 42.5 Å². The first-order valence-corrected chi connectivity index (χ1v) is 16.2. The van der Waals surface area contributed by atoms with Crippen LogP contribution in [-0.4, -0.2) is 91.9 Å². The molecular weight excluding hydrogens is 590 g/mol. The van der Waals surface area contributed by atoms with E-state index >= 15 is 0 Å². The smallest absolute Gasteiger partial charge is 0.337 e. The number of anilines is 1. The highest BCUT2D eigenvalue weighted by atomic mass is 32.2. The van der Waals surface area contributed by atoms with Crippen LogP contribution in [0.4, 0.5) is 5.69 Å². The molecule has 0 bridgehead atoms. The molecule has 2 amide bonds. The van der Waals surface area contributed by atoms with Gasteiger partial charge in [-0.1, -0.05) is 54.2 Å². The highest BCUT2D eigenvalue weighted by Gasteiger charge is 2.45. The van der Waals surface area contributed by atoms with Crippen molar-refractivity contribution in [3.05, 3.63) is 77.9 Å². The first-order chi connectivity index (χ1) is 20.4. The van der Waals surface area contributed by atoms with Crippen molar-refractivity contribution in [1.82, 2.24) is 9.21 Å². The van der Waals surface area contributed by atoms with E-state index in [1.165, 1.54) is 47.3 Å². The molecule has 1 fully saturated rings. The summed E-state index contributed by atoms with van der Waals surface area (Å²) in [4.78, 5) is 52.8. The van der Waals surface area contributed by atoms with Crippen LogP contribution in [0.3, 0.4) is 0 Å². The van der Waals surface area contributed by atoms with Crippen molar-refractivity contribution in [3.8, 4) is 0 Å². The molecule has 1 aliphatic heterocycles. The van der Waals surface area contributed by atoms with Crippen molar-refractivity contribution in [2.24, 2.45) is 0 Å². The Morgan fingerprint density at radius 1 is 0.977 bits per heavy atom. The largest absolute Gasteiger partial charge is 0.465 e. The Morgan fingerprint density at radius 2 is 1.65 bits per heavy atom. The van der Waals surface area contributed by atoms with Crippen LogP contribution >= 0.6 is 11.8 Å². The van der Waals surface area contributed by atoms with Gasteiger partial charge in [0.25, 0.3) is 0 Å². The van der Waals surface area contributed by atoms with Crippen LogP contribution in [0, 0.1) is 0 Å². The molecule has 228 valence electrons. The molecule has 0 aromatic heterocycles. The van der Waals surface area contributed by atoms with Crippen molar-refractivity contribution >= 4 is 61.1 Å². The molecule has 1 heterocycles. The first-order valence-electron chi connectivity index (χ1n) is 13.7. The lowest BCUT2D eigenvalue weighted by molar-refractivity contribution is -0.136. The summed E-state index contributed by atoms with van der Waals surface area (Å²) in [6.45, 7) is 1.16. The monoisotopic (exact) mass is 625 g/mol. The number of thioether (sulfide) groups is 1. The summed E-state index contributed by atoms with van der Waals surface area (Å²) < 4.78 is 33.3. The number of carbonyl (C=O) groups is 4. The standard InChI is InChI=1S/C31H35N3O7S2/c1-21(35)42-26-18-28(30(37)32(2)20-29(36)33(3)25-14-12-24(13-15-25)31(38)41-4)34(19-26)43(39,40)17-16-23-10-7-9-22-8-5-6-11-27(22)23/h5-15,26,28H,16-20H2,1-4H3/t26-,28+/m1/s1. The number of fused-ring (bicyclic) bond motifs is 1. The normalized spacial score (nSPS) is 17.0. The summed E-state index contributed by atoms with van der Waals surface area (Å²) in [6, 6.07) is 18.7. The Balaban J connectivity index is 1.47. The molecule has 0 saturated carbocycles. The fraction of sp³-hybridized carbons (Fsp3) is 0.355. The molecule has 43 heavy (non-hydrogen) atoms. The summed E-state index contributed by atoms with van der Waals surface area (Å²) in [5, 5.41) is 1.45. The number of methoxy groups -OCH3 is 1. The van der Waals surface area contributed by atoms with Gasteiger partial charge < -0.3 is 14.5 Å². The molecule has 0 aliphatic carbocycles. The molecule has 0 N–H and O–H groups in total. The van der Waals surface area contributed by atoms with E-state index in [0.29, 0.717) is 11.3 Å². The molecule has 12 heteroatoms. The van der Waals surface area contributed by atoms with Gasteiger partial charge in [-0.15, -0.1) is 0 Å². The zero-order valence-corrected chi connectivity index (χ0v) is 26.2. The van der Waals surface area contributed by atoms with Crippen LogP contribution in [-0.2, 0) is 35.6 Å². The third-order valence-corrected chi connectivity index (χ3v) is 10.3. The lowest BCUT2D eigenvalue weighted by Gasteiger charge is -2.28. The molecule has 1 aliphatic rings. The number of nitrogens with zero attached hydrogens (tertiary/aromatic N) is 3. The average molecular weight is 626 g/mol. The number of sulfonamides is 1. The second-order valence-corrected chi connectivity index (χ2v) is 14.0. The molecule has 0 spiro atoms. The second kappa shape index (κ2) is 13.7. The van der Waals surface area contributed by atoms with Crippen LogP contribution in [0.1, 0.15) is 29.3 Å². The lowest BCUT2D eigenvalue weighted by Crippen LogP contribution is -2.49. The third kappa shape index (κ3) is 7.62. The van der Waals surface area contributed by atoms with Crippen LogP contribution in [0.25, 0.3) is 10.8 Å². The number of likely N-dealkylation sites (N-methyl/N-ethyl adjacent to an activating group) is 2. The summed E-state index contributed by atoms with van der Waals surface area (Å²) in [5.74, 6) is -1.61. The summed E-state index contributed by atoms with van der Waals surface area (Å²) >= 11 is 1.03. The van der Waals surface area contributed by atoms with Gasteiger partial charge in [0.15, 0.2) is 5.12 Å². The van der Waals surface area contributed by atoms with Gasteiger partial charge in [-0.05, 0) is 53.4 Å².